The van der Waals surface area contributed by atoms with Crippen LogP contribution in [-0.4, -0.2) is 17.3 Å². The molecule has 0 fully saturated rings. The van der Waals surface area contributed by atoms with E-state index in [0.717, 1.165) is 5.56 Å². The van der Waals surface area contributed by atoms with Gasteiger partial charge in [-0.25, -0.2) is 4.79 Å². The highest BCUT2D eigenvalue weighted by atomic mass is 16.6. The first-order valence-electron chi connectivity index (χ1n) is 7.23. The van der Waals surface area contributed by atoms with Crippen molar-refractivity contribution < 1.29 is 14.3 Å². The Labute approximate surface area is 134 Å². The van der Waals surface area contributed by atoms with E-state index in [9.17, 15) is 9.59 Å². The molecule has 1 aliphatic heterocycles. The molecule has 0 aliphatic carbocycles. The molecule has 0 aromatic heterocycles. The molecule has 2 aromatic rings. The normalized spacial score (nSPS) is 16.6. The monoisotopic (exact) mass is 305 g/mol. The van der Waals surface area contributed by atoms with Gasteiger partial charge in [0, 0.05) is 11.8 Å². The molecule has 114 valence electrons. The Morgan fingerprint density at radius 3 is 2.30 bits per heavy atom. The van der Waals surface area contributed by atoms with Crippen LogP contribution in [0.4, 0.5) is 4.79 Å². The third kappa shape index (κ3) is 3.37. The topological polar surface area (TPSA) is 46.6 Å². The minimum atomic E-state index is -0.534. The van der Waals surface area contributed by atoms with Crippen LogP contribution in [-0.2, 0) is 4.79 Å². The van der Waals surface area contributed by atoms with Crippen LogP contribution in [0, 0.1) is 0 Å². The zero-order valence-electron chi connectivity index (χ0n) is 12.3. The maximum absolute atomic E-state index is 12.5. The highest BCUT2D eigenvalue weighted by molar-refractivity contribution is 5.81. The maximum Gasteiger partial charge on any atom is 0.420 e. The molecule has 0 saturated heterocycles. The number of ether oxygens (including phenoxy) is 1. The third-order valence-corrected chi connectivity index (χ3v) is 3.50. The Hall–Kier alpha value is -3.14. The molecule has 23 heavy (non-hydrogen) atoms. The van der Waals surface area contributed by atoms with E-state index >= 15 is 0 Å². The van der Waals surface area contributed by atoms with Crippen LogP contribution < -0.4 is 4.74 Å². The summed E-state index contributed by atoms with van der Waals surface area (Å²) in [6, 6.07) is 18.1. The van der Waals surface area contributed by atoms with Crippen molar-refractivity contribution in [3.05, 3.63) is 90.2 Å². The lowest BCUT2D eigenvalue weighted by Gasteiger charge is -2.29. The third-order valence-electron chi connectivity index (χ3n) is 3.50. The molecule has 1 unspecified atom stereocenters. The summed E-state index contributed by atoms with van der Waals surface area (Å²) >= 11 is 0. The van der Waals surface area contributed by atoms with Crippen LogP contribution in [0.15, 0.2) is 84.6 Å². The van der Waals surface area contributed by atoms with E-state index in [1.165, 1.54) is 11.1 Å². The summed E-state index contributed by atoms with van der Waals surface area (Å²) in [4.78, 5) is 25.0. The molecule has 0 radical (unpaired) electrons. The van der Waals surface area contributed by atoms with Crippen molar-refractivity contribution in [2.24, 2.45) is 0 Å². The van der Waals surface area contributed by atoms with Gasteiger partial charge in [-0.1, -0.05) is 60.7 Å². The van der Waals surface area contributed by atoms with E-state index in [2.05, 4.69) is 0 Å². The van der Waals surface area contributed by atoms with E-state index < -0.39 is 6.09 Å². The van der Waals surface area contributed by atoms with Gasteiger partial charge in [0.15, 0.2) is 6.29 Å². The van der Waals surface area contributed by atoms with Crippen LogP contribution in [0.1, 0.15) is 11.6 Å². The molecule has 1 atom stereocenters. The van der Waals surface area contributed by atoms with Crippen molar-refractivity contribution in [3.63, 3.8) is 0 Å². The van der Waals surface area contributed by atoms with Crippen molar-refractivity contribution in [2.75, 3.05) is 0 Å². The summed E-state index contributed by atoms with van der Waals surface area (Å²) in [6.07, 6.45) is 5.20. The fourth-order valence-electron chi connectivity index (χ4n) is 2.38. The molecule has 3 rings (SSSR count). The Morgan fingerprint density at radius 2 is 1.65 bits per heavy atom. The van der Waals surface area contributed by atoms with E-state index in [1.54, 1.807) is 30.3 Å². The summed E-state index contributed by atoms with van der Waals surface area (Å²) in [7, 11) is 0. The largest absolute Gasteiger partial charge is 0.420 e. The smallest absolute Gasteiger partial charge is 0.410 e. The van der Waals surface area contributed by atoms with Gasteiger partial charge in [0.2, 0.25) is 0 Å². The van der Waals surface area contributed by atoms with E-state index in [4.69, 9.17) is 4.74 Å². The summed E-state index contributed by atoms with van der Waals surface area (Å²) < 4.78 is 5.39. The molecule has 4 heteroatoms. The van der Waals surface area contributed by atoms with Crippen LogP contribution in [0.3, 0.4) is 0 Å². The number of carbonyl (C=O) groups is 2. The number of rotatable bonds is 3. The minimum absolute atomic E-state index is 0.309. The first kappa shape index (κ1) is 14.8. The molecule has 1 amide bonds. The van der Waals surface area contributed by atoms with Gasteiger partial charge in [0.25, 0.3) is 0 Å². The van der Waals surface area contributed by atoms with E-state index in [0.29, 0.717) is 17.6 Å². The second-order valence-corrected chi connectivity index (χ2v) is 5.05. The van der Waals surface area contributed by atoms with Crippen molar-refractivity contribution in [1.82, 2.24) is 4.90 Å². The minimum Gasteiger partial charge on any atom is -0.410 e. The van der Waals surface area contributed by atoms with Crippen LogP contribution in [0.5, 0.6) is 5.75 Å². The quantitative estimate of drug-likeness (QED) is 0.808. The number of para-hydroxylation sites is 1. The molecule has 0 spiro atoms. The number of carbonyl (C=O) groups excluding carboxylic acids is 2. The lowest BCUT2D eigenvalue weighted by atomic mass is 10.0. The Kier molecular flexibility index (Phi) is 4.34. The first-order valence-corrected chi connectivity index (χ1v) is 7.23. The summed E-state index contributed by atoms with van der Waals surface area (Å²) in [6.45, 7) is 0. The molecular weight excluding hydrogens is 290 g/mol. The lowest BCUT2D eigenvalue weighted by molar-refractivity contribution is -0.104. The fourth-order valence-corrected chi connectivity index (χ4v) is 2.38. The average Bonchev–Trinajstić information content (AvgIpc) is 2.62. The van der Waals surface area contributed by atoms with Crippen LogP contribution >= 0.6 is 0 Å². The molecule has 4 nitrogen and oxygen atoms in total. The predicted octanol–water partition coefficient (Wildman–Crippen LogP) is 3.88. The van der Waals surface area contributed by atoms with Gasteiger partial charge in [-0.15, -0.1) is 0 Å². The lowest BCUT2D eigenvalue weighted by Crippen LogP contribution is -2.33. The first-order chi connectivity index (χ1) is 11.3. The molecule has 2 aromatic carbocycles. The highest BCUT2D eigenvalue weighted by Crippen LogP contribution is 2.28. The van der Waals surface area contributed by atoms with Crippen LogP contribution in [0.25, 0.3) is 0 Å². The fraction of sp³-hybridized carbons (Fsp3) is 0.0526. The number of nitrogens with zero attached hydrogens (tertiary/aromatic N) is 1. The summed E-state index contributed by atoms with van der Waals surface area (Å²) in [5, 5.41) is 0. The van der Waals surface area contributed by atoms with Crippen molar-refractivity contribution in [1.29, 1.82) is 0 Å². The second kappa shape index (κ2) is 6.75. The predicted molar refractivity (Wildman–Crippen MR) is 86.8 cm³/mol. The highest BCUT2D eigenvalue weighted by Gasteiger charge is 2.26. The van der Waals surface area contributed by atoms with Gasteiger partial charge >= 0.3 is 6.09 Å². The molecule has 0 saturated carbocycles. The zero-order chi connectivity index (χ0) is 16.1. The molecule has 0 bridgehead atoms. The van der Waals surface area contributed by atoms with Crippen LogP contribution in [0.2, 0.25) is 0 Å². The average molecular weight is 305 g/mol. The summed E-state index contributed by atoms with van der Waals surface area (Å²) in [5.74, 6) is 0.458. The number of amides is 1. The van der Waals surface area contributed by atoms with Gasteiger partial charge in [-0.2, -0.15) is 0 Å². The Bertz CT molecular complexity index is 751. The van der Waals surface area contributed by atoms with Gasteiger partial charge < -0.3 is 4.74 Å². The van der Waals surface area contributed by atoms with E-state index in [1.807, 2.05) is 42.5 Å². The SMILES string of the molecule is O=CC1=CN(C(=O)Oc2ccccc2)C(c2ccccc2)C=C1. The van der Waals surface area contributed by atoms with Gasteiger partial charge in [0.1, 0.15) is 5.75 Å². The number of benzene rings is 2. The number of aldehydes is 1. The van der Waals surface area contributed by atoms with E-state index in [-0.39, 0.29) is 6.04 Å². The van der Waals surface area contributed by atoms with Gasteiger partial charge in [0.05, 0.1) is 6.04 Å². The number of hydrogen-bond donors (Lipinski definition) is 0. The molecular formula is C19H15NO3. The zero-order valence-corrected chi connectivity index (χ0v) is 12.3. The Morgan fingerprint density at radius 1 is 1.00 bits per heavy atom. The van der Waals surface area contributed by atoms with Crippen molar-refractivity contribution in [2.45, 2.75) is 6.04 Å². The second-order valence-electron chi connectivity index (χ2n) is 5.05. The van der Waals surface area contributed by atoms with Crippen molar-refractivity contribution in [3.8, 4) is 5.75 Å². The number of allylic oxidation sites excluding steroid dienone is 2. The Balaban J connectivity index is 1.88. The maximum atomic E-state index is 12.5. The number of hydrogen-bond acceptors (Lipinski definition) is 3. The molecule has 1 heterocycles. The molecule has 1 aliphatic rings. The standard InChI is InChI=1S/C19H15NO3/c21-14-15-11-12-18(16-7-3-1-4-8-16)20(13-15)19(22)23-17-9-5-2-6-10-17/h1-14,18H. The summed E-state index contributed by atoms with van der Waals surface area (Å²) in [5.41, 5.74) is 1.36. The van der Waals surface area contributed by atoms with Gasteiger partial charge in [-0.3, -0.25) is 9.69 Å². The van der Waals surface area contributed by atoms with Gasteiger partial charge in [-0.05, 0) is 17.7 Å². The molecule has 0 N–H and O–H groups in total. The van der Waals surface area contributed by atoms with Crippen molar-refractivity contribution >= 4 is 12.4 Å².